The van der Waals surface area contributed by atoms with Crippen LogP contribution in [0.4, 0.5) is 0 Å². The molecule has 33 heavy (non-hydrogen) atoms. The molecule has 2 amide bonds. The van der Waals surface area contributed by atoms with E-state index in [-0.39, 0.29) is 11.8 Å². The van der Waals surface area contributed by atoms with Crippen molar-refractivity contribution in [3.8, 4) is 0 Å². The summed E-state index contributed by atoms with van der Waals surface area (Å²) in [6.45, 7) is 22.5. The minimum Gasteiger partial charge on any atom is -0.341 e. The van der Waals surface area contributed by atoms with Crippen LogP contribution in [0.15, 0.2) is 28.0 Å². The third-order valence-corrected chi connectivity index (χ3v) is 7.08. The Balaban J connectivity index is 2.86. The molecule has 0 aliphatic heterocycles. The van der Waals surface area contributed by atoms with E-state index in [2.05, 4.69) is 80.5 Å². The Kier molecular flexibility index (Phi) is 13.6. The number of nitrogens with zero attached hydrogens (tertiary/aromatic N) is 2. The number of aryl methyl sites for hydroxylation is 1. The highest BCUT2D eigenvalue weighted by atomic mass is 32.2. The molecule has 4 nitrogen and oxygen atoms in total. The fourth-order valence-electron chi connectivity index (χ4n) is 3.63. The highest BCUT2D eigenvalue weighted by molar-refractivity contribution is 8.03. The molecule has 0 unspecified atom stereocenters. The van der Waals surface area contributed by atoms with Crippen LogP contribution in [0.25, 0.3) is 0 Å². The smallest absolute Gasteiger partial charge is 0.232 e. The minimum atomic E-state index is 0.190. The number of benzene rings is 1. The van der Waals surface area contributed by atoms with Crippen LogP contribution >= 0.6 is 23.5 Å². The zero-order valence-electron chi connectivity index (χ0n) is 22.3. The van der Waals surface area contributed by atoms with Gasteiger partial charge in [-0.3, -0.25) is 9.59 Å². The number of hydrogen-bond donors (Lipinski definition) is 0. The molecule has 0 heterocycles. The zero-order valence-corrected chi connectivity index (χ0v) is 23.9. The first-order chi connectivity index (χ1) is 15.4. The molecule has 1 rings (SSSR count). The van der Waals surface area contributed by atoms with Crippen LogP contribution < -0.4 is 0 Å². The highest BCUT2D eigenvalue weighted by Crippen LogP contribution is 2.32. The molecule has 188 valence electrons. The topological polar surface area (TPSA) is 40.6 Å². The van der Waals surface area contributed by atoms with Crippen molar-refractivity contribution in [1.82, 2.24) is 9.80 Å². The number of thioether (sulfide) groups is 2. The summed E-state index contributed by atoms with van der Waals surface area (Å²) in [6.07, 6.45) is 0. The maximum absolute atomic E-state index is 13.0. The lowest BCUT2D eigenvalue weighted by Crippen LogP contribution is -2.38. The quantitative estimate of drug-likeness (QED) is 0.278. The predicted octanol–water partition coefficient (Wildman–Crippen LogP) is 6.46. The molecule has 0 saturated heterocycles. The van der Waals surface area contributed by atoms with Crippen molar-refractivity contribution in [2.75, 3.05) is 37.7 Å². The maximum Gasteiger partial charge on any atom is 0.232 e. The van der Waals surface area contributed by atoms with Gasteiger partial charge in [0.25, 0.3) is 0 Å². The summed E-state index contributed by atoms with van der Waals surface area (Å²) >= 11 is 3.19. The maximum atomic E-state index is 13.0. The predicted molar refractivity (Wildman–Crippen MR) is 145 cm³/mol. The van der Waals surface area contributed by atoms with Crippen LogP contribution in [0.1, 0.15) is 61.0 Å². The van der Waals surface area contributed by atoms with E-state index < -0.39 is 0 Å². The summed E-state index contributed by atoms with van der Waals surface area (Å²) in [5, 5.41) is 0. The lowest BCUT2D eigenvalue weighted by atomic mass is 10.1. The van der Waals surface area contributed by atoms with Gasteiger partial charge in [-0.15, -0.1) is 23.5 Å². The molecule has 0 aliphatic carbocycles. The molecule has 0 spiro atoms. The molecule has 0 N–H and O–H groups in total. The Labute approximate surface area is 211 Å². The van der Waals surface area contributed by atoms with Gasteiger partial charge in [-0.2, -0.15) is 0 Å². The molecule has 1 aromatic rings. The van der Waals surface area contributed by atoms with Crippen molar-refractivity contribution in [2.24, 2.45) is 23.7 Å². The van der Waals surface area contributed by atoms with E-state index in [1.165, 1.54) is 5.56 Å². The van der Waals surface area contributed by atoms with Gasteiger partial charge in [-0.1, -0.05) is 61.5 Å². The molecule has 0 aliphatic rings. The Morgan fingerprint density at radius 3 is 1.39 bits per heavy atom. The summed E-state index contributed by atoms with van der Waals surface area (Å²) in [4.78, 5) is 32.1. The zero-order chi connectivity index (χ0) is 25.1. The van der Waals surface area contributed by atoms with Crippen LogP contribution in [0.2, 0.25) is 0 Å². The first-order valence-electron chi connectivity index (χ1n) is 12.3. The van der Waals surface area contributed by atoms with Crippen LogP contribution in [0.3, 0.4) is 0 Å². The molecule has 1 aromatic carbocycles. The van der Waals surface area contributed by atoms with E-state index in [1.807, 2.05) is 9.80 Å². The number of carbonyl (C=O) groups is 2. The van der Waals surface area contributed by atoms with E-state index in [4.69, 9.17) is 0 Å². The summed E-state index contributed by atoms with van der Waals surface area (Å²) in [6, 6.07) is 6.32. The first kappa shape index (κ1) is 29.9. The second-order valence-corrected chi connectivity index (χ2v) is 12.7. The van der Waals surface area contributed by atoms with Crippen molar-refractivity contribution in [1.29, 1.82) is 0 Å². The lowest BCUT2D eigenvalue weighted by molar-refractivity contribution is -0.130. The standard InChI is InChI=1S/C27H46N2O2S2/c1-19(2)13-28(14-20(3)4)26(30)17-32-24-11-10-23(9)12-25(24)33-18-27(31)29(15-21(5)6)16-22(7)8/h10-12,19-22H,13-18H2,1-9H3. The second kappa shape index (κ2) is 15.0. The van der Waals surface area contributed by atoms with E-state index in [9.17, 15) is 9.59 Å². The number of carbonyl (C=O) groups excluding carboxylic acids is 2. The van der Waals surface area contributed by atoms with Gasteiger partial charge >= 0.3 is 0 Å². The van der Waals surface area contributed by atoms with E-state index in [1.54, 1.807) is 23.5 Å². The van der Waals surface area contributed by atoms with Gasteiger partial charge in [0, 0.05) is 36.0 Å². The Morgan fingerprint density at radius 2 is 1.03 bits per heavy atom. The average Bonchev–Trinajstić information content (AvgIpc) is 2.68. The molecule has 0 fully saturated rings. The fourth-order valence-corrected chi connectivity index (χ4v) is 5.75. The normalized spacial score (nSPS) is 11.7. The van der Waals surface area contributed by atoms with Crippen LogP contribution in [-0.4, -0.2) is 59.3 Å². The van der Waals surface area contributed by atoms with Gasteiger partial charge in [0.15, 0.2) is 0 Å². The monoisotopic (exact) mass is 494 g/mol. The van der Waals surface area contributed by atoms with Gasteiger partial charge in [0.2, 0.25) is 11.8 Å². The molecule has 6 heteroatoms. The molecule has 0 radical (unpaired) electrons. The van der Waals surface area contributed by atoms with Gasteiger partial charge in [0.1, 0.15) is 0 Å². The summed E-state index contributed by atoms with van der Waals surface area (Å²) < 4.78 is 0. The second-order valence-electron chi connectivity index (χ2n) is 10.7. The fraction of sp³-hybridized carbons (Fsp3) is 0.704. The third-order valence-electron chi connectivity index (χ3n) is 4.85. The van der Waals surface area contributed by atoms with Gasteiger partial charge in [0.05, 0.1) is 11.5 Å². The van der Waals surface area contributed by atoms with Crippen LogP contribution in [0.5, 0.6) is 0 Å². The minimum absolute atomic E-state index is 0.190. The van der Waals surface area contributed by atoms with Crippen LogP contribution in [0, 0.1) is 30.6 Å². The van der Waals surface area contributed by atoms with Crippen molar-refractivity contribution in [2.45, 2.75) is 72.1 Å². The molecule has 0 saturated carbocycles. The third kappa shape index (κ3) is 12.2. The van der Waals surface area contributed by atoms with E-state index in [0.717, 1.165) is 36.0 Å². The summed E-state index contributed by atoms with van der Waals surface area (Å²) in [5.41, 5.74) is 1.17. The number of hydrogen-bond acceptors (Lipinski definition) is 4. The van der Waals surface area contributed by atoms with Crippen LogP contribution in [-0.2, 0) is 9.59 Å². The molecular formula is C27H46N2O2S2. The largest absolute Gasteiger partial charge is 0.341 e. The van der Waals surface area contributed by atoms with E-state index >= 15 is 0 Å². The summed E-state index contributed by atoms with van der Waals surface area (Å²) in [5.74, 6) is 3.05. The van der Waals surface area contributed by atoms with Gasteiger partial charge < -0.3 is 9.80 Å². The number of amides is 2. The average molecular weight is 495 g/mol. The molecule has 0 atom stereocenters. The molecule has 0 bridgehead atoms. The molecular weight excluding hydrogens is 448 g/mol. The Hall–Kier alpha value is -1.14. The van der Waals surface area contributed by atoms with Crippen molar-refractivity contribution < 1.29 is 9.59 Å². The Bertz CT molecular complexity index is 728. The lowest BCUT2D eigenvalue weighted by Gasteiger charge is -2.27. The number of rotatable bonds is 14. The first-order valence-corrected chi connectivity index (χ1v) is 14.3. The van der Waals surface area contributed by atoms with Crippen molar-refractivity contribution in [3.05, 3.63) is 23.8 Å². The SMILES string of the molecule is Cc1ccc(SCC(=O)N(CC(C)C)CC(C)C)c(SCC(=O)N(CC(C)C)CC(C)C)c1. The highest BCUT2D eigenvalue weighted by Gasteiger charge is 2.19. The van der Waals surface area contributed by atoms with Crippen molar-refractivity contribution >= 4 is 35.3 Å². The van der Waals surface area contributed by atoms with E-state index in [0.29, 0.717) is 35.2 Å². The van der Waals surface area contributed by atoms with Gasteiger partial charge in [-0.25, -0.2) is 0 Å². The molecule has 0 aromatic heterocycles. The Morgan fingerprint density at radius 1 is 0.667 bits per heavy atom. The summed E-state index contributed by atoms with van der Waals surface area (Å²) in [7, 11) is 0. The van der Waals surface area contributed by atoms with Crippen molar-refractivity contribution in [3.63, 3.8) is 0 Å². The van der Waals surface area contributed by atoms with Gasteiger partial charge in [-0.05, 0) is 48.3 Å².